The minimum Gasteiger partial charge on any atom is -0.261 e. The lowest BCUT2D eigenvalue weighted by Gasteiger charge is -2.04. The van der Waals surface area contributed by atoms with E-state index in [0.29, 0.717) is 8.17 Å². The Hall–Kier alpha value is 0.210. The quantitative estimate of drug-likeness (QED) is 0.709. The topological polar surface area (TPSA) is 17.8 Å². The Labute approximate surface area is 88.4 Å². The van der Waals surface area contributed by atoms with Crippen LogP contribution in [0, 0.1) is 3.70 Å². The van der Waals surface area contributed by atoms with E-state index >= 15 is 0 Å². The molecule has 0 atom stereocenters. The molecule has 0 aromatic carbocycles. The third-order valence-electron chi connectivity index (χ3n) is 1.02. The lowest BCUT2D eigenvalue weighted by Crippen LogP contribution is -2.17. The smallest absolute Gasteiger partial charge is 0.261 e. The van der Waals surface area contributed by atoms with E-state index in [1.54, 1.807) is 0 Å². The van der Waals surface area contributed by atoms with E-state index in [0.717, 1.165) is 4.68 Å². The van der Waals surface area contributed by atoms with Crippen molar-refractivity contribution in [3.63, 3.8) is 0 Å². The van der Waals surface area contributed by atoms with Gasteiger partial charge in [0.25, 0.3) is 0 Å². The van der Waals surface area contributed by atoms with Gasteiger partial charge in [0.1, 0.15) is 10.2 Å². The second kappa shape index (κ2) is 3.52. The van der Waals surface area contributed by atoms with Gasteiger partial charge < -0.3 is 0 Å². The number of hydrogen-bond acceptors (Lipinski definition) is 1. The number of rotatable bonds is 1. The molecule has 0 radical (unpaired) electrons. The standard InChI is InChI=1S/C5H3BrF3IN2/c6-3-1-12(11-4(3)10)2-5(7,8)9/h1H,2H2. The Bertz CT molecular complexity index is 263. The minimum absolute atomic E-state index is 0.525. The predicted molar refractivity (Wildman–Crippen MR) is 48.7 cm³/mol. The molecule has 1 aromatic heterocycles. The van der Waals surface area contributed by atoms with Gasteiger partial charge in [-0.3, -0.25) is 4.68 Å². The van der Waals surface area contributed by atoms with Gasteiger partial charge in [-0.15, -0.1) is 0 Å². The first-order valence-electron chi connectivity index (χ1n) is 2.84. The molecule has 0 N–H and O–H groups in total. The molecule has 68 valence electrons. The van der Waals surface area contributed by atoms with Crippen molar-refractivity contribution in [1.29, 1.82) is 0 Å². The van der Waals surface area contributed by atoms with Crippen LogP contribution in [0.2, 0.25) is 0 Å². The highest BCUT2D eigenvalue weighted by atomic mass is 127. The maximum Gasteiger partial charge on any atom is 0.408 e. The fraction of sp³-hybridized carbons (Fsp3) is 0.400. The van der Waals surface area contributed by atoms with Crippen molar-refractivity contribution in [2.75, 3.05) is 0 Å². The summed E-state index contributed by atoms with van der Waals surface area (Å²) in [6, 6.07) is 0. The van der Waals surface area contributed by atoms with E-state index in [2.05, 4.69) is 21.0 Å². The number of halogens is 5. The molecule has 1 aromatic rings. The first-order chi connectivity index (χ1) is 5.38. The fourth-order valence-electron chi connectivity index (χ4n) is 0.638. The second-order valence-corrected chi connectivity index (χ2v) is 3.96. The normalized spacial score (nSPS) is 12.1. The Balaban J connectivity index is 2.77. The highest BCUT2D eigenvalue weighted by Crippen LogP contribution is 2.21. The molecule has 0 aliphatic rings. The van der Waals surface area contributed by atoms with Gasteiger partial charge in [0, 0.05) is 6.20 Å². The Kier molecular flexibility index (Phi) is 3.02. The van der Waals surface area contributed by atoms with E-state index in [1.165, 1.54) is 6.20 Å². The van der Waals surface area contributed by atoms with E-state index in [1.807, 2.05) is 22.6 Å². The summed E-state index contributed by atoms with van der Waals surface area (Å²) in [5.74, 6) is 0. The van der Waals surface area contributed by atoms with E-state index in [-0.39, 0.29) is 0 Å². The van der Waals surface area contributed by atoms with Crippen molar-refractivity contribution >= 4 is 38.5 Å². The molecule has 1 heterocycles. The summed E-state index contributed by atoms with van der Waals surface area (Å²) in [6.45, 7) is -1.05. The number of aromatic nitrogens is 2. The Morgan fingerprint density at radius 3 is 2.50 bits per heavy atom. The van der Waals surface area contributed by atoms with Crippen LogP contribution < -0.4 is 0 Å². The van der Waals surface area contributed by atoms with Crippen LogP contribution in [0.15, 0.2) is 10.7 Å². The third-order valence-corrected chi connectivity index (χ3v) is 3.14. The number of alkyl halides is 3. The number of nitrogens with zero attached hydrogens (tertiary/aromatic N) is 2. The maximum atomic E-state index is 11.8. The molecule has 2 nitrogen and oxygen atoms in total. The molecule has 12 heavy (non-hydrogen) atoms. The van der Waals surface area contributed by atoms with Crippen molar-refractivity contribution in [3.05, 3.63) is 14.4 Å². The molecule has 0 bridgehead atoms. The van der Waals surface area contributed by atoms with Crippen LogP contribution in [0.4, 0.5) is 13.2 Å². The zero-order valence-electron chi connectivity index (χ0n) is 5.57. The molecule has 0 spiro atoms. The summed E-state index contributed by atoms with van der Waals surface area (Å²) in [6.07, 6.45) is -2.91. The van der Waals surface area contributed by atoms with Gasteiger partial charge in [0.2, 0.25) is 0 Å². The summed E-state index contributed by atoms with van der Waals surface area (Å²) in [4.78, 5) is 0. The van der Waals surface area contributed by atoms with Gasteiger partial charge in [-0.1, -0.05) is 0 Å². The third kappa shape index (κ3) is 2.92. The van der Waals surface area contributed by atoms with Gasteiger partial charge in [0.15, 0.2) is 0 Å². The monoisotopic (exact) mass is 354 g/mol. The molecule has 0 saturated heterocycles. The van der Waals surface area contributed by atoms with Crippen molar-refractivity contribution in [2.45, 2.75) is 12.7 Å². The SMILES string of the molecule is FC(F)(F)Cn1cc(Br)c(I)n1. The second-order valence-electron chi connectivity index (χ2n) is 2.08. The molecule has 0 fully saturated rings. The van der Waals surface area contributed by atoms with Gasteiger partial charge in [-0.2, -0.15) is 18.3 Å². The summed E-state index contributed by atoms with van der Waals surface area (Å²) in [7, 11) is 0. The first-order valence-corrected chi connectivity index (χ1v) is 4.71. The summed E-state index contributed by atoms with van der Waals surface area (Å²) >= 11 is 4.92. The maximum absolute atomic E-state index is 11.8. The van der Waals surface area contributed by atoms with Gasteiger partial charge >= 0.3 is 6.18 Å². The van der Waals surface area contributed by atoms with E-state index in [4.69, 9.17) is 0 Å². The van der Waals surface area contributed by atoms with Gasteiger partial charge in [0.05, 0.1) is 4.47 Å². The number of hydrogen-bond donors (Lipinski definition) is 0. The lowest BCUT2D eigenvalue weighted by atomic mass is 10.6. The predicted octanol–water partition coefficient (Wildman–Crippen LogP) is 2.81. The van der Waals surface area contributed by atoms with Gasteiger partial charge in [-0.25, -0.2) is 0 Å². The van der Waals surface area contributed by atoms with Gasteiger partial charge in [-0.05, 0) is 38.5 Å². The minimum atomic E-state index is -4.21. The van der Waals surface area contributed by atoms with Crippen LogP contribution in [0.1, 0.15) is 0 Å². The molecule has 0 unspecified atom stereocenters. The first kappa shape index (κ1) is 10.3. The molecule has 0 aliphatic heterocycles. The van der Waals surface area contributed by atoms with Crippen LogP contribution in [-0.4, -0.2) is 16.0 Å². The molecule has 0 amide bonds. The summed E-state index contributed by atoms with van der Waals surface area (Å²) in [5, 5.41) is 3.63. The van der Waals surface area contributed by atoms with E-state index < -0.39 is 12.7 Å². The highest BCUT2D eigenvalue weighted by Gasteiger charge is 2.28. The summed E-state index contributed by atoms with van der Waals surface area (Å²) < 4.78 is 37.4. The lowest BCUT2D eigenvalue weighted by molar-refractivity contribution is -0.142. The molecule has 0 aliphatic carbocycles. The molecule has 0 saturated carbocycles. The molecular formula is C5H3BrF3IN2. The Morgan fingerprint density at radius 2 is 2.17 bits per heavy atom. The average molecular weight is 355 g/mol. The van der Waals surface area contributed by atoms with E-state index in [9.17, 15) is 13.2 Å². The van der Waals surface area contributed by atoms with Crippen LogP contribution >= 0.6 is 38.5 Å². The van der Waals surface area contributed by atoms with Crippen molar-refractivity contribution in [3.8, 4) is 0 Å². The molecule has 7 heteroatoms. The summed E-state index contributed by atoms with van der Waals surface area (Å²) in [5.41, 5.74) is 0. The van der Waals surface area contributed by atoms with Crippen LogP contribution in [0.5, 0.6) is 0 Å². The largest absolute Gasteiger partial charge is 0.408 e. The van der Waals surface area contributed by atoms with Crippen LogP contribution in [0.3, 0.4) is 0 Å². The molecule has 1 rings (SSSR count). The van der Waals surface area contributed by atoms with Crippen molar-refractivity contribution in [2.24, 2.45) is 0 Å². The zero-order chi connectivity index (χ0) is 9.35. The van der Waals surface area contributed by atoms with Crippen LogP contribution in [-0.2, 0) is 6.54 Å². The van der Waals surface area contributed by atoms with Crippen molar-refractivity contribution < 1.29 is 13.2 Å². The fourth-order valence-corrected chi connectivity index (χ4v) is 1.37. The highest BCUT2D eigenvalue weighted by molar-refractivity contribution is 14.1. The average Bonchev–Trinajstić information content (AvgIpc) is 2.07. The van der Waals surface area contributed by atoms with Crippen molar-refractivity contribution in [1.82, 2.24) is 9.78 Å². The van der Waals surface area contributed by atoms with Crippen LogP contribution in [0.25, 0.3) is 0 Å². The Morgan fingerprint density at radius 1 is 1.58 bits per heavy atom. The zero-order valence-corrected chi connectivity index (χ0v) is 9.31. The molecular weight excluding hydrogens is 352 g/mol.